The highest BCUT2D eigenvalue weighted by atomic mass is 35.5. The van der Waals surface area contributed by atoms with Crippen LogP contribution in [0.15, 0.2) is 30.9 Å². The molecule has 126 valence electrons. The van der Waals surface area contributed by atoms with E-state index in [1.807, 2.05) is 6.92 Å². The van der Waals surface area contributed by atoms with Gasteiger partial charge in [0.1, 0.15) is 11.0 Å². The summed E-state index contributed by atoms with van der Waals surface area (Å²) in [5.41, 5.74) is 1.07. The number of nitrogens with zero attached hydrogens (tertiary/aromatic N) is 2. The molecule has 1 aromatic carbocycles. The van der Waals surface area contributed by atoms with E-state index in [0.29, 0.717) is 17.8 Å². The number of aromatic nitrogens is 2. The number of anilines is 2. The van der Waals surface area contributed by atoms with E-state index < -0.39 is 17.6 Å². The van der Waals surface area contributed by atoms with Crippen LogP contribution in [0.1, 0.15) is 23.0 Å². The Kier molecular flexibility index (Phi) is 5.35. The molecule has 0 radical (unpaired) electrons. The molecule has 0 aliphatic rings. The summed E-state index contributed by atoms with van der Waals surface area (Å²) >= 11 is 6.11. The first-order valence-electron chi connectivity index (χ1n) is 7.13. The van der Waals surface area contributed by atoms with Gasteiger partial charge in [-0.3, -0.25) is 14.3 Å². The number of rotatable bonds is 5. The molecule has 2 rings (SSSR count). The SMILES string of the molecule is C=CC(=O)Nc1cc(NC(=O)c2c(CC)nn(C)c2Cl)ccc1F. The smallest absolute Gasteiger partial charge is 0.260 e. The van der Waals surface area contributed by atoms with E-state index in [1.165, 1.54) is 16.8 Å². The highest BCUT2D eigenvalue weighted by Gasteiger charge is 2.21. The molecule has 0 saturated carbocycles. The highest BCUT2D eigenvalue weighted by molar-refractivity contribution is 6.33. The summed E-state index contributed by atoms with van der Waals surface area (Å²) in [6.07, 6.45) is 1.56. The lowest BCUT2D eigenvalue weighted by molar-refractivity contribution is -0.111. The summed E-state index contributed by atoms with van der Waals surface area (Å²) in [5, 5.41) is 9.33. The van der Waals surface area contributed by atoms with Crippen molar-refractivity contribution >= 4 is 34.8 Å². The van der Waals surface area contributed by atoms with E-state index in [0.717, 1.165) is 12.1 Å². The van der Waals surface area contributed by atoms with Crippen LogP contribution in [0.5, 0.6) is 0 Å². The molecule has 2 aromatic rings. The molecule has 0 aliphatic carbocycles. The first-order valence-corrected chi connectivity index (χ1v) is 7.50. The van der Waals surface area contributed by atoms with Crippen LogP contribution in [0.25, 0.3) is 0 Å². The van der Waals surface area contributed by atoms with Crippen LogP contribution in [-0.2, 0) is 18.3 Å². The van der Waals surface area contributed by atoms with Crippen molar-refractivity contribution < 1.29 is 14.0 Å². The van der Waals surface area contributed by atoms with Crippen molar-refractivity contribution in [2.75, 3.05) is 10.6 Å². The zero-order chi connectivity index (χ0) is 17.9. The molecule has 1 aromatic heterocycles. The number of aryl methyl sites for hydroxylation is 2. The van der Waals surface area contributed by atoms with Crippen LogP contribution >= 0.6 is 11.6 Å². The summed E-state index contributed by atoms with van der Waals surface area (Å²) in [4.78, 5) is 23.8. The summed E-state index contributed by atoms with van der Waals surface area (Å²) in [6, 6.07) is 3.83. The summed E-state index contributed by atoms with van der Waals surface area (Å²) in [5.74, 6) is -1.64. The lowest BCUT2D eigenvalue weighted by atomic mass is 10.2. The van der Waals surface area contributed by atoms with Gasteiger partial charge in [0.25, 0.3) is 5.91 Å². The van der Waals surface area contributed by atoms with E-state index in [-0.39, 0.29) is 16.4 Å². The topological polar surface area (TPSA) is 76.0 Å². The number of hydrogen-bond acceptors (Lipinski definition) is 3. The van der Waals surface area contributed by atoms with E-state index in [4.69, 9.17) is 11.6 Å². The first kappa shape index (κ1) is 17.7. The summed E-state index contributed by atoms with van der Waals surface area (Å²) in [6.45, 7) is 5.16. The van der Waals surface area contributed by atoms with Crippen molar-refractivity contribution in [3.8, 4) is 0 Å². The third kappa shape index (κ3) is 3.62. The van der Waals surface area contributed by atoms with Gasteiger partial charge in [-0.05, 0) is 30.7 Å². The maximum absolute atomic E-state index is 13.7. The zero-order valence-electron chi connectivity index (χ0n) is 13.2. The second kappa shape index (κ2) is 7.27. The maximum Gasteiger partial charge on any atom is 0.260 e. The molecule has 0 fully saturated rings. The Morgan fingerprint density at radius 2 is 2.12 bits per heavy atom. The number of carbonyl (C=O) groups excluding carboxylic acids is 2. The number of amides is 2. The molecule has 0 aliphatic heterocycles. The Balaban J connectivity index is 2.28. The van der Waals surface area contributed by atoms with Gasteiger partial charge in [-0.2, -0.15) is 5.10 Å². The molecule has 6 nitrogen and oxygen atoms in total. The van der Waals surface area contributed by atoms with Gasteiger partial charge in [-0.15, -0.1) is 0 Å². The maximum atomic E-state index is 13.7. The van der Waals surface area contributed by atoms with Gasteiger partial charge in [-0.1, -0.05) is 25.1 Å². The Labute approximate surface area is 143 Å². The number of hydrogen-bond donors (Lipinski definition) is 2. The molecule has 0 unspecified atom stereocenters. The fourth-order valence-electron chi connectivity index (χ4n) is 2.10. The molecule has 24 heavy (non-hydrogen) atoms. The molecule has 2 N–H and O–H groups in total. The molecule has 0 spiro atoms. The molecule has 0 bridgehead atoms. The Morgan fingerprint density at radius 1 is 1.42 bits per heavy atom. The van der Waals surface area contributed by atoms with Crippen LogP contribution in [0.2, 0.25) is 5.15 Å². The first-order chi connectivity index (χ1) is 11.4. The molecule has 0 saturated heterocycles. The summed E-state index contributed by atoms with van der Waals surface area (Å²) in [7, 11) is 1.64. The van der Waals surface area contributed by atoms with Crippen LogP contribution in [0.4, 0.5) is 15.8 Å². The van der Waals surface area contributed by atoms with Crippen LogP contribution in [-0.4, -0.2) is 21.6 Å². The lowest BCUT2D eigenvalue weighted by Crippen LogP contribution is -2.15. The summed E-state index contributed by atoms with van der Waals surface area (Å²) < 4.78 is 15.1. The minimum atomic E-state index is -0.628. The number of benzene rings is 1. The van der Waals surface area contributed by atoms with Crippen molar-refractivity contribution in [2.24, 2.45) is 7.05 Å². The molecule has 1 heterocycles. The third-order valence-electron chi connectivity index (χ3n) is 3.28. The van der Waals surface area contributed by atoms with Crippen molar-refractivity contribution in [3.05, 3.63) is 53.1 Å². The zero-order valence-corrected chi connectivity index (χ0v) is 13.9. The van der Waals surface area contributed by atoms with E-state index in [2.05, 4.69) is 22.3 Å². The molecule has 8 heteroatoms. The number of nitrogens with one attached hydrogen (secondary N) is 2. The van der Waals surface area contributed by atoms with Gasteiger partial charge in [-0.25, -0.2) is 4.39 Å². The van der Waals surface area contributed by atoms with Gasteiger partial charge >= 0.3 is 0 Å². The lowest BCUT2D eigenvalue weighted by Gasteiger charge is -2.09. The predicted molar refractivity (Wildman–Crippen MR) is 90.8 cm³/mol. The van der Waals surface area contributed by atoms with Crippen LogP contribution in [0, 0.1) is 5.82 Å². The fraction of sp³-hybridized carbons (Fsp3) is 0.188. The highest BCUT2D eigenvalue weighted by Crippen LogP contribution is 2.24. The van der Waals surface area contributed by atoms with Gasteiger partial charge < -0.3 is 10.6 Å². The van der Waals surface area contributed by atoms with Crippen molar-refractivity contribution in [2.45, 2.75) is 13.3 Å². The quantitative estimate of drug-likeness (QED) is 0.813. The minimum absolute atomic E-state index is 0.0642. The van der Waals surface area contributed by atoms with Gasteiger partial charge in [0.15, 0.2) is 0 Å². The second-order valence-electron chi connectivity index (χ2n) is 4.93. The number of halogens is 2. The van der Waals surface area contributed by atoms with Gasteiger partial charge in [0.05, 0.1) is 16.9 Å². The molecule has 0 atom stereocenters. The molecular formula is C16H16ClFN4O2. The molecule has 2 amide bonds. The third-order valence-corrected chi connectivity index (χ3v) is 3.71. The standard InChI is InChI=1S/C16H16ClFN4O2/c1-4-11-14(15(17)22(3)21-11)16(24)19-9-6-7-10(18)12(8-9)20-13(23)5-2/h5-8H,2,4H2,1,3H3,(H,19,24)(H,20,23). The Bertz CT molecular complexity index is 817. The van der Waals surface area contributed by atoms with Crippen molar-refractivity contribution in [3.63, 3.8) is 0 Å². The predicted octanol–water partition coefficient (Wildman–Crippen LogP) is 3.15. The fourth-order valence-corrected chi connectivity index (χ4v) is 2.34. The average molecular weight is 351 g/mol. The van der Waals surface area contributed by atoms with Gasteiger partial charge in [0, 0.05) is 12.7 Å². The number of carbonyl (C=O) groups is 2. The van der Waals surface area contributed by atoms with Crippen molar-refractivity contribution in [1.29, 1.82) is 0 Å². The molecular weight excluding hydrogens is 335 g/mol. The average Bonchev–Trinajstić information content (AvgIpc) is 2.85. The second-order valence-corrected chi connectivity index (χ2v) is 5.29. The normalized spacial score (nSPS) is 10.3. The monoisotopic (exact) mass is 350 g/mol. The van der Waals surface area contributed by atoms with Crippen LogP contribution in [0.3, 0.4) is 0 Å². The largest absolute Gasteiger partial charge is 0.322 e. The Hall–Kier alpha value is -2.67. The van der Waals surface area contributed by atoms with Crippen molar-refractivity contribution in [1.82, 2.24) is 9.78 Å². The van der Waals surface area contributed by atoms with E-state index in [9.17, 15) is 14.0 Å². The van der Waals surface area contributed by atoms with E-state index in [1.54, 1.807) is 7.05 Å². The van der Waals surface area contributed by atoms with Crippen LogP contribution < -0.4 is 10.6 Å². The van der Waals surface area contributed by atoms with E-state index >= 15 is 0 Å². The van der Waals surface area contributed by atoms with Gasteiger partial charge in [0.2, 0.25) is 5.91 Å². The minimum Gasteiger partial charge on any atom is -0.322 e. The Morgan fingerprint density at radius 3 is 2.75 bits per heavy atom.